The largest absolute Gasteiger partial charge is 0.497 e. The summed E-state index contributed by atoms with van der Waals surface area (Å²) in [4.78, 5) is 2.84. The Hall–Kier alpha value is -1.54. The van der Waals surface area contributed by atoms with Crippen LogP contribution in [0.25, 0.3) is 5.53 Å². The summed E-state index contributed by atoms with van der Waals surface area (Å²) in [6, 6.07) is 4.93. The second-order valence-electron chi connectivity index (χ2n) is 1.37. The predicted octanol–water partition coefficient (Wildman–Crippen LogP) is -0.393. The number of aromatic nitrogens is 2. The lowest BCUT2D eigenvalue weighted by atomic mass is 10.6. The van der Waals surface area contributed by atoms with E-state index in [1.165, 1.54) is 6.20 Å². The number of hydrogen-bond donors (Lipinski definition) is 0. The van der Waals surface area contributed by atoms with E-state index < -0.39 is 0 Å². The van der Waals surface area contributed by atoms with E-state index in [0.717, 1.165) is 0 Å². The second kappa shape index (κ2) is 2.69. The van der Waals surface area contributed by atoms with Crippen molar-refractivity contribution in [3.63, 3.8) is 0 Å². The van der Waals surface area contributed by atoms with Gasteiger partial charge in [-0.15, -0.1) is 0 Å². The van der Waals surface area contributed by atoms with Crippen LogP contribution < -0.4 is 5.49 Å². The summed E-state index contributed by atoms with van der Waals surface area (Å²) in [6.45, 7) is 0. The van der Waals surface area contributed by atoms with Gasteiger partial charge in [-0.3, -0.25) is 0 Å². The minimum absolute atomic E-state index is 0.208. The molecule has 4 heteroatoms. The molecule has 0 saturated heterocycles. The highest BCUT2D eigenvalue weighted by Gasteiger charge is 1.82. The normalized spacial score (nSPS) is 8.00. The van der Waals surface area contributed by atoms with Crippen molar-refractivity contribution in [2.24, 2.45) is 0 Å². The molecule has 0 unspecified atom stereocenters. The quantitative estimate of drug-likeness (QED) is 0.345. The summed E-state index contributed by atoms with van der Waals surface area (Å²) in [6.07, 6.45) is 1.51. The number of rotatable bonds is 0. The molecule has 0 radical (unpaired) electrons. The van der Waals surface area contributed by atoms with E-state index in [9.17, 15) is 0 Å². The molecule has 1 aromatic rings. The van der Waals surface area contributed by atoms with Crippen LogP contribution in [0.15, 0.2) is 24.4 Å². The van der Waals surface area contributed by atoms with E-state index in [0.29, 0.717) is 0 Å². The first-order valence-corrected chi connectivity index (χ1v) is 2.39. The zero-order chi connectivity index (χ0) is 6.53. The average Bonchev–Trinajstić information content (AvgIpc) is 2.13. The van der Waals surface area contributed by atoms with Crippen LogP contribution in [0.2, 0.25) is 0 Å². The van der Waals surface area contributed by atoms with Gasteiger partial charge in [0.25, 0.3) is 0 Å². The van der Waals surface area contributed by atoms with Gasteiger partial charge in [0.2, 0.25) is 0 Å². The van der Waals surface area contributed by atoms with E-state index in [-0.39, 0.29) is 5.49 Å². The van der Waals surface area contributed by atoms with Gasteiger partial charge in [0.1, 0.15) is 0 Å². The minimum atomic E-state index is 0.208. The zero-order valence-electron chi connectivity index (χ0n) is 4.60. The maximum atomic E-state index is 8.17. The van der Waals surface area contributed by atoms with Gasteiger partial charge in [-0.2, -0.15) is 0 Å². The summed E-state index contributed by atoms with van der Waals surface area (Å²) < 4.78 is 0. The smallest absolute Gasteiger partial charge is 0.426 e. The Bertz CT molecular complexity index is 254. The van der Waals surface area contributed by atoms with Crippen molar-refractivity contribution in [3.8, 4) is 0 Å². The SMILES string of the molecule is [N-]=[N+]=c1ccccnn1. The highest BCUT2D eigenvalue weighted by molar-refractivity contribution is 4.83. The molecular formula is C5H4N4. The summed E-state index contributed by atoms with van der Waals surface area (Å²) >= 11 is 0. The van der Waals surface area contributed by atoms with E-state index in [4.69, 9.17) is 5.53 Å². The van der Waals surface area contributed by atoms with Crippen LogP contribution in [-0.2, 0) is 0 Å². The van der Waals surface area contributed by atoms with Gasteiger partial charge >= 0.3 is 5.49 Å². The van der Waals surface area contributed by atoms with E-state index in [2.05, 4.69) is 15.0 Å². The molecule has 9 heavy (non-hydrogen) atoms. The molecule has 0 aromatic carbocycles. The topological polar surface area (TPSA) is 62.2 Å². The standard InChI is InChI=1S/C5H4N4/c6-8-5-3-1-2-4-7-9-5/h1-4H. The molecule has 0 aliphatic heterocycles. The summed E-state index contributed by atoms with van der Waals surface area (Å²) in [5, 5.41) is 7.01. The van der Waals surface area contributed by atoms with Crippen LogP contribution in [0, 0.1) is 0 Å². The fourth-order valence-corrected chi connectivity index (χ4v) is 0.409. The van der Waals surface area contributed by atoms with Crippen molar-refractivity contribution in [1.82, 2.24) is 10.2 Å². The monoisotopic (exact) mass is 120 g/mol. The van der Waals surface area contributed by atoms with E-state index in [1.807, 2.05) is 0 Å². The van der Waals surface area contributed by atoms with Crippen molar-refractivity contribution in [3.05, 3.63) is 35.4 Å². The van der Waals surface area contributed by atoms with Gasteiger partial charge in [-0.05, 0) is 11.2 Å². The highest BCUT2D eigenvalue weighted by atomic mass is 15.1. The Balaban J connectivity index is 3.46. The lowest BCUT2D eigenvalue weighted by molar-refractivity contribution is -0.0729. The molecule has 0 bridgehead atoms. The zero-order valence-corrected chi connectivity index (χ0v) is 4.60. The molecule has 1 rings (SSSR count). The van der Waals surface area contributed by atoms with Crippen LogP contribution in [0.3, 0.4) is 0 Å². The van der Waals surface area contributed by atoms with Crippen molar-refractivity contribution >= 4 is 0 Å². The molecule has 0 aliphatic rings. The summed E-state index contributed by atoms with van der Waals surface area (Å²) in [5.41, 5.74) is 8.38. The average molecular weight is 120 g/mol. The molecule has 44 valence electrons. The van der Waals surface area contributed by atoms with Crippen molar-refractivity contribution in [2.45, 2.75) is 0 Å². The van der Waals surface area contributed by atoms with Crippen LogP contribution in [0.4, 0.5) is 0 Å². The van der Waals surface area contributed by atoms with Gasteiger partial charge in [0, 0.05) is 0 Å². The van der Waals surface area contributed by atoms with Crippen LogP contribution in [0.1, 0.15) is 0 Å². The maximum Gasteiger partial charge on any atom is 0.426 e. The Labute approximate surface area is 51.4 Å². The number of nitrogens with zero attached hydrogens (tertiary/aromatic N) is 4. The lowest BCUT2D eigenvalue weighted by Gasteiger charge is -1.53. The molecule has 0 fully saturated rings. The van der Waals surface area contributed by atoms with Crippen molar-refractivity contribution < 1.29 is 4.79 Å². The van der Waals surface area contributed by atoms with Crippen LogP contribution >= 0.6 is 0 Å². The first-order chi connectivity index (χ1) is 4.43. The second-order valence-corrected chi connectivity index (χ2v) is 1.37. The Morgan fingerprint density at radius 1 is 1.44 bits per heavy atom. The molecule has 1 heterocycles. The molecule has 0 amide bonds. The molecular weight excluding hydrogens is 116 g/mol. The Kier molecular flexibility index (Phi) is 1.67. The molecule has 4 nitrogen and oxygen atoms in total. The first kappa shape index (κ1) is 5.59. The van der Waals surface area contributed by atoms with Gasteiger partial charge < -0.3 is 10.3 Å². The number of hydrogen-bond acceptors (Lipinski definition) is 2. The summed E-state index contributed by atoms with van der Waals surface area (Å²) in [7, 11) is 0. The Morgan fingerprint density at radius 3 is 3.11 bits per heavy atom. The van der Waals surface area contributed by atoms with Gasteiger partial charge in [0.15, 0.2) is 0 Å². The van der Waals surface area contributed by atoms with Crippen LogP contribution in [-0.4, -0.2) is 15.0 Å². The van der Waals surface area contributed by atoms with Crippen molar-refractivity contribution in [2.75, 3.05) is 0 Å². The first-order valence-electron chi connectivity index (χ1n) is 2.39. The molecule has 0 saturated carbocycles. The fraction of sp³-hybridized carbons (Fsp3) is 0. The lowest BCUT2D eigenvalue weighted by Crippen LogP contribution is -2.04. The third-order valence-electron chi connectivity index (χ3n) is 0.772. The molecule has 1 aromatic heterocycles. The fourth-order valence-electron chi connectivity index (χ4n) is 0.409. The minimum Gasteiger partial charge on any atom is -0.497 e. The molecule has 0 N–H and O–H groups in total. The van der Waals surface area contributed by atoms with Crippen LogP contribution in [0.5, 0.6) is 0 Å². The van der Waals surface area contributed by atoms with Crippen molar-refractivity contribution in [1.29, 1.82) is 0 Å². The molecule has 0 spiro atoms. The predicted molar refractivity (Wildman–Crippen MR) is 28.8 cm³/mol. The third-order valence-corrected chi connectivity index (χ3v) is 0.772. The van der Waals surface area contributed by atoms with Gasteiger partial charge in [-0.1, -0.05) is 6.07 Å². The molecule has 0 aliphatic carbocycles. The van der Waals surface area contributed by atoms with E-state index in [1.54, 1.807) is 18.2 Å². The summed E-state index contributed by atoms with van der Waals surface area (Å²) in [5.74, 6) is 0. The highest BCUT2D eigenvalue weighted by Crippen LogP contribution is 1.65. The van der Waals surface area contributed by atoms with Gasteiger partial charge in [-0.25, -0.2) is 0 Å². The third kappa shape index (κ3) is 1.44. The van der Waals surface area contributed by atoms with E-state index >= 15 is 0 Å². The molecule has 0 atom stereocenters. The van der Waals surface area contributed by atoms with Gasteiger partial charge in [0.05, 0.1) is 17.4 Å². The Morgan fingerprint density at radius 2 is 2.33 bits per heavy atom. The maximum absolute atomic E-state index is 8.17.